The highest BCUT2D eigenvalue weighted by Crippen LogP contribution is 2.42. The first-order chi connectivity index (χ1) is 12.2. The van der Waals surface area contributed by atoms with Crippen LogP contribution in [0.5, 0.6) is 5.75 Å². The van der Waals surface area contributed by atoms with Crippen molar-refractivity contribution >= 4 is 54.0 Å². The highest BCUT2D eigenvalue weighted by atomic mass is 35.5. The Labute approximate surface area is 152 Å². The molecule has 0 radical (unpaired) electrons. The maximum Gasteiger partial charge on any atom is 0.223 e. The van der Waals surface area contributed by atoms with Gasteiger partial charge in [0.1, 0.15) is 5.75 Å². The van der Waals surface area contributed by atoms with Crippen LogP contribution in [0.1, 0.15) is 0 Å². The third kappa shape index (κ3) is 2.18. The van der Waals surface area contributed by atoms with Gasteiger partial charge in [0, 0.05) is 25.7 Å². The van der Waals surface area contributed by atoms with Crippen molar-refractivity contribution in [1.82, 2.24) is 9.97 Å². The van der Waals surface area contributed by atoms with Crippen molar-refractivity contribution in [2.24, 2.45) is 0 Å². The minimum Gasteiger partial charge on any atom is -0.507 e. The summed E-state index contributed by atoms with van der Waals surface area (Å²) in [7, 11) is 0. The van der Waals surface area contributed by atoms with E-state index in [0.717, 1.165) is 10.3 Å². The molecule has 0 unspecified atom stereocenters. The van der Waals surface area contributed by atoms with Gasteiger partial charge in [-0.2, -0.15) is 0 Å². The van der Waals surface area contributed by atoms with E-state index in [4.69, 9.17) is 11.6 Å². The number of fused-ring (bicyclic) bond motifs is 4. The summed E-state index contributed by atoms with van der Waals surface area (Å²) in [5.41, 5.74) is 2.24. The number of rotatable bonds is 1. The van der Waals surface area contributed by atoms with E-state index in [9.17, 15) is 5.11 Å². The average Bonchev–Trinajstić information content (AvgIpc) is 3.00. The second-order valence-electron chi connectivity index (χ2n) is 5.79. The zero-order valence-corrected chi connectivity index (χ0v) is 14.5. The third-order valence-corrected chi connectivity index (χ3v) is 5.72. The lowest BCUT2D eigenvalue weighted by molar-refractivity contribution is 0.481. The highest BCUT2D eigenvalue weighted by Gasteiger charge is 2.16. The van der Waals surface area contributed by atoms with Gasteiger partial charge in [0.2, 0.25) is 5.28 Å². The molecule has 0 fully saturated rings. The van der Waals surface area contributed by atoms with Gasteiger partial charge in [0.05, 0.1) is 16.6 Å². The van der Waals surface area contributed by atoms with Crippen LogP contribution in [-0.4, -0.2) is 15.1 Å². The lowest BCUT2D eigenvalue weighted by Gasteiger charge is -2.09. The molecule has 1 N–H and O–H groups in total. The van der Waals surface area contributed by atoms with Crippen molar-refractivity contribution in [3.05, 3.63) is 65.9 Å². The standard InChI is InChI=1S/C20H11ClN2OS/c21-20-22-14-8-4-9-15(24)17(14)18(23-20)13-7-3-6-12-11-5-1-2-10-16(11)25-19(12)13/h1-10,24H. The molecule has 0 aliphatic rings. The molecule has 0 spiro atoms. The molecule has 3 aromatic carbocycles. The van der Waals surface area contributed by atoms with Crippen molar-refractivity contribution in [1.29, 1.82) is 0 Å². The first-order valence-corrected chi connectivity index (χ1v) is 8.98. The molecule has 120 valence electrons. The zero-order valence-electron chi connectivity index (χ0n) is 12.9. The lowest BCUT2D eigenvalue weighted by atomic mass is 10.0. The van der Waals surface area contributed by atoms with Crippen LogP contribution in [0.25, 0.3) is 42.3 Å². The van der Waals surface area contributed by atoms with E-state index in [1.54, 1.807) is 23.5 Å². The number of halogens is 1. The van der Waals surface area contributed by atoms with Gasteiger partial charge in [-0.1, -0.05) is 42.5 Å². The Morgan fingerprint density at radius 3 is 2.56 bits per heavy atom. The van der Waals surface area contributed by atoms with E-state index in [0.29, 0.717) is 16.6 Å². The molecule has 2 aromatic heterocycles. The Bertz CT molecular complexity index is 1280. The first-order valence-electron chi connectivity index (χ1n) is 7.78. The van der Waals surface area contributed by atoms with E-state index in [1.807, 2.05) is 30.3 Å². The van der Waals surface area contributed by atoms with Crippen molar-refractivity contribution in [3.63, 3.8) is 0 Å². The van der Waals surface area contributed by atoms with Crippen LogP contribution in [0.3, 0.4) is 0 Å². The highest BCUT2D eigenvalue weighted by molar-refractivity contribution is 7.26. The number of phenolic OH excluding ortho intramolecular Hbond substituents is 1. The van der Waals surface area contributed by atoms with Gasteiger partial charge in [-0.15, -0.1) is 11.3 Å². The normalized spacial score (nSPS) is 11.6. The maximum absolute atomic E-state index is 10.4. The summed E-state index contributed by atoms with van der Waals surface area (Å²) >= 11 is 7.87. The Balaban J connectivity index is 1.96. The molecule has 3 nitrogen and oxygen atoms in total. The summed E-state index contributed by atoms with van der Waals surface area (Å²) < 4.78 is 2.35. The van der Waals surface area contributed by atoms with Crippen LogP contribution in [0.4, 0.5) is 0 Å². The number of hydrogen-bond acceptors (Lipinski definition) is 4. The molecule has 0 saturated carbocycles. The molecule has 0 amide bonds. The predicted octanol–water partition coefficient (Wildman–Crippen LogP) is 6.02. The summed E-state index contributed by atoms with van der Waals surface area (Å²) in [5, 5.41) is 13.6. The van der Waals surface area contributed by atoms with Gasteiger partial charge < -0.3 is 5.11 Å². The van der Waals surface area contributed by atoms with Crippen LogP contribution in [0.15, 0.2) is 60.7 Å². The smallest absolute Gasteiger partial charge is 0.223 e. The second-order valence-corrected chi connectivity index (χ2v) is 7.18. The minimum absolute atomic E-state index is 0.155. The largest absolute Gasteiger partial charge is 0.507 e. The van der Waals surface area contributed by atoms with Crippen LogP contribution < -0.4 is 0 Å². The molecular weight excluding hydrogens is 352 g/mol. The zero-order chi connectivity index (χ0) is 17.0. The summed E-state index contributed by atoms with van der Waals surface area (Å²) in [5.74, 6) is 0.155. The molecule has 5 aromatic rings. The van der Waals surface area contributed by atoms with E-state index >= 15 is 0 Å². The van der Waals surface area contributed by atoms with Crippen molar-refractivity contribution < 1.29 is 5.11 Å². The number of phenols is 1. The number of aromatic hydroxyl groups is 1. The van der Waals surface area contributed by atoms with E-state index in [2.05, 4.69) is 28.2 Å². The molecule has 2 heterocycles. The van der Waals surface area contributed by atoms with Gasteiger partial charge >= 0.3 is 0 Å². The average molecular weight is 363 g/mol. The van der Waals surface area contributed by atoms with E-state index in [1.165, 1.54) is 15.5 Å². The molecule has 25 heavy (non-hydrogen) atoms. The molecule has 0 saturated heterocycles. The van der Waals surface area contributed by atoms with Gasteiger partial charge in [0.15, 0.2) is 0 Å². The van der Waals surface area contributed by atoms with Gasteiger partial charge in [0.25, 0.3) is 0 Å². The Hall–Kier alpha value is -2.69. The number of nitrogens with zero attached hydrogens (tertiary/aromatic N) is 2. The fraction of sp³-hybridized carbons (Fsp3) is 0. The van der Waals surface area contributed by atoms with E-state index < -0.39 is 0 Å². The fourth-order valence-corrected chi connectivity index (χ4v) is 4.66. The number of thiophene rings is 1. The first kappa shape index (κ1) is 14.6. The molecule has 5 heteroatoms. The van der Waals surface area contributed by atoms with Crippen molar-refractivity contribution in [3.8, 4) is 17.0 Å². The molecule has 5 rings (SSSR count). The van der Waals surface area contributed by atoms with Crippen LogP contribution in [-0.2, 0) is 0 Å². The van der Waals surface area contributed by atoms with Crippen molar-refractivity contribution in [2.45, 2.75) is 0 Å². The predicted molar refractivity (Wildman–Crippen MR) is 105 cm³/mol. The second kappa shape index (κ2) is 5.41. The van der Waals surface area contributed by atoms with Crippen LogP contribution in [0, 0.1) is 0 Å². The molecule has 0 aliphatic heterocycles. The fourth-order valence-electron chi connectivity index (χ4n) is 3.27. The molecule has 0 aliphatic carbocycles. The number of benzene rings is 3. The third-order valence-electron chi connectivity index (χ3n) is 4.33. The number of hydrogen-bond donors (Lipinski definition) is 1. The quantitative estimate of drug-likeness (QED) is 0.371. The number of aromatic nitrogens is 2. The monoisotopic (exact) mass is 362 g/mol. The van der Waals surface area contributed by atoms with Crippen LogP contribution >= 0.6 is 22.9 Å². The van der Waals surface area contributed by atoms with E-state index in [-0.39, 0.29) is 11.0 Å². The SMILES string of the molecule is Oc1cccc2nc(Cl)nc(-c3cccc4c3sc3ccccc34)c12. The molecular formula is C20H11ClN2OS. The summed E-state index contributed by atoms with van der Waals surface area (Å²) in [6.45, 7) is 0. The molecule has 0 atom stereocenters. The van der Waals surface area contributed by atoms with Crippen molar-refractivity contribution in [2.75, 3.05) is 0 Å². The summed E-state index contributed by atoms with van der Waals surface area (Å²) in [6.07, 6.45) is 0. The maximum atomic E-state index is 10.4. The van der Waals surface area contributed by atoms with Gasteiger partial charge in [-0.3, -0.25) is 0 Å². The lowest BCUT2D eigenvalue weighted by Crippen LogP contribution is -1.92. The van der Waals surface area contributed by atoms with Gasteiger partial charge in [-0.25, -0.2) is 9.97 Å². The van der Waals surface area contributed by atoms with Gasteiger partial charge in [-0.05, 0) is 29.8 Å². The summed E-state index contributed by atoms with van der Waals surface area (Å²) in [4.78, 5) is 8.70. The molecule has 0 bridgehead atoms. The topological polar surface area (TPSA) is 46.0 Å². The summed E-state index contributed by atoms with van der Waals surface area (Å²) in [6, 6.07) is 19.7. The Kier molecular flexibility index (Phi) is 3.17. The minimum atomic E-state index is 0.155. The van der Waals surface area contributed by atoms with Crippen LogP contribution in [0.2, 0.25) is 5.28 Å². The Morgan fingerprint density at radius 2 is 1.64 bits per heavy atom. The Morgan fingerprint density at radius 1 is 0.840 bits per heavy atom.